The topological polar surface area (TPSA) is 107 Å². The molecule has 4 atom stereocenters. The van der Waals surface area contributed by atoms with Crippen molar-refractivity contribution in [1.29, 1.82) is 0 Å². The molecule has 43 heavy (non-hydrogen) atoms. The molecule has 3 heterocycles. The molecule has 7 rings (SSSR count). The van der Waals surface area contributed by atoms with Crippen molar-refractivity contribution in [3.63, 3.8) is 0 Å². The largest absolute Gasteiger partial charge is 0.495 e. The Bertz CT molecular complexity index is 1670. The van der Waals surface area contributed by atoms with E-state index in [2.05, 4.69) is 28.5 Å². The number of amides is 3. The van der Waals surface area contributed by atoms with Crippen LogP contribution in [0.15, 0.2) is 106 Å². The number of allylic oxidation sites excluding steroid dienone is 1. The van der Waals surface area contributed by atoms with Crippen molar-refractivity contribution in [3.8, 4) is 5.75 Å². The molecule has 10 nitrogen and oxygen atoms in total. The summed E-state index contributed by atoms with van der Waals surface area (Å²) in [6, 6.07) is 24.6. The highest BCUT2D eigenvalue weighted by Crippen LogP contribution is 2.45. The summed E-state index contributed by atoms with van der Waals surface area (Å²) in [5.41, 5.74) is 4.48. The maximum atomic E-state index is 14.0. The lowest BCUT2D eigenvalue weighted by atomic mass is 9.77. The van der Waals surface area contributed by atoms with Crippen LogP contribution in [0, 0.1) is 5.92 Å². The summed E-state index contributed by atoms with van der Waals surface area (Å²) in [5, 5.41) is 16.1. The average Bonchev–Trinajstić information content (AvgIpc) is 3.71. The van der Waals surface area contributed by atoms with Gasteiger partial charge in [-0.1, -0.05) is 78.0 Å². The number of ether oxygens (including phenoxy) is 1. The minimum absolute atomic E-state index is 0.0405. The van der Waals surface area contributed by atoms with Crippen LogP contribution in [0.2, 0.25) is 0 Å². The lowest BCUT2D eigenvalue weighted by molar-refractivity contribution is -0.136. The Morgan fingerprint density at radius 1 is 0.930 bits per heavy atom. The molecule has 0 aromatic heterocycles. The molecule has 3 aromatic rings. The van der Waals surface area contributed by atoms with Gasteiger partial charge >= 0.3 is 0 Å². The molecule has 2 fully saturated rings. The summed E-state index contributed by atoms with van der Waals surface area (Å²) in [4.78, 5) is 42.0. The minimum Gasteiger partial charge on any atom is -0.495 e. The van der Waals surface area contributed by atoms with Crippen LogP contribution in [0.25, 0.3) is 6.08 Å². The third-order valence-corrected chi connectivity index (χ3v) is 8.52. The summed E-state index contributed by atoms with van der Waals surface area (Å²) in [5.74, 6) is -0.872. The van der Waals surface area contributed by atoms with Crippen molar-refractivity contribution >= 4 is 35.2 Å². The van der Waals surface area contributed by atoms with E-state index >= 15 is 0 Å². The predicted molar refractivity (Wildman–Crippen MR) is 160 cm³/mol. The second-order valence-electron chi connectivity index (χ2n) is 11.0. The molecule has 3 aliphatic heterocycles. The predicted octanol–water partition coefficient (Wildman–Crippen LogP) is 4.81. The number of para-hydroxylation sites is 2. The van der Waals surface area contributed by atoms with E-state index in [-0.39, 0.29) is 24.4 Å². The molecule has 216 valence electrons. The number of fused-ring (bicyclic) bond motifs is 2. The maximum Gasteiger partial charge on any atom is 0.264 e. The lowest BCUT2D eigenvalue weighted by Crippen LogP contribution is -2.45. The van der Waals surface area contributed by atoms with Gasteiger partial charge in [0.1, 0.15) is 12.3 Å². The second-order valence-corrected chi connectivity index (χ2v) is 11.0. The van der Waals surface area contributed by atoms with Crippen LogP contribution < -0.4 is 9.64 Å². The standard InChI is InChI=1S/C33H30N6O4/c1-43-26-18-9-8-17-25(26)38-32(41)29-31(33(38)42)37(36-34-29)20-27(40)39-30(22-13-6-3-7-14-22)24-16-10-15-23(28(24)35-39)19-21-11-4-2-5-12-21/h2-9,11-14,17-19,24,29-31H,10,15-16,20H2,1H3/b23-19+/t24-,29-,30-,31-/m1/s1. The summed E-state index contributed by atoms with van der Waals surface area (Å²) in [6.07, 6.45) is 4.94. The number of hydrogen-bond acceptors (Lipinski definition) is 8. The number of hydrazone groups is 1. The van der Waals surface area contributed by atoms with Crippen LogP contribution >= 0.6 is 0 Å². The zero-order valence-electron chi connectivity index (χ0n) is 23.6. The highest BCUT2D eigenvalue weighted by atomic mass is 16.5. The molecule has 10 heteroatoms. The number of nitrogens with zero attached hydrogens (tertiary/aromatic N) is 6. The van der Waals surface area contributed by atoms with Crippen molar-refractivity contribution in [2.45, 2.75) is 37.4 Å². The molecular weight excluding hydrogens is 544 g/mol. The number of carbonyl (C=O) groups excluding carboxylic acids is 3. The maximum absolute atomic E-state index is 14.0. The zero-order chi connectivity index (χ0) is 29.5. The van der Waals surface area contributed by atoms with E-state index in [1.807, 2.05) is 48.5 Å². The quantitative estimate of drug-likeness (QED) is 0.393. The number of benzene rings is 3. The van der Waals surface area contributed by atoms with E-state index in [0.717, 1.165) is 46.6 Å². The molecular formula is C33H30N6O4. The average molecular weight is 575 g/mol. The molecule has 0 bridgehead atoms. The van der Waals surface area contributed by atoms with Gasteiger partial charge in [-0.25, -0.2) is 9.91 Å². The van der Waals surface area contributed by atoms with E-state index in [9.17, 15) is 14.4 Å². The van der Waals surface area contributed by atoms with Gasteiger partial charge in [-0.15, -0.1) is 0 Å². The van der Waals surface area contributed by atoms with E-state index in [4.69, 9.17) is 9.84 Å². The Morgan fingerprint density at radius 2 is 1.65 bits per heavy atom. The number of methoxy groups -OCH3 is 1. The molecule has 1 saturated heterocycles. The SMILES string of the molecule is COc1ccccc1N1C(=O)[C@@H]2N=NN(CC(=O)N3N=C4/C(=C/c5ccccc5)CCC[C@H]4[C@H]3c3ccccc3)[C@H]2C1=O. The van der Waals surface area contributed by atoms with Crippen molar-refractivity contribution in [2.75, 3.05) is 18.6 Å². The molecule has 1 saturated carbocycles. The first-order valence-corrected chi connectivity index (χ1v) is 14.4. The smallest absolute Gasteiger partial charge is 0.264 e. The second kappa shape index (κ2) is 10.9. The fourth-order valence-electron chi connectivity index (χ4n) is 6.56. The molecule has 1 aliphatic carbocycles. The fourth-order valence-corrected chi connectivity index (χ4v) is 6.56. The highest BCUT2D eigenvalue weighted by Gasteiger charge is 2.56. The van der Waals surface area contributed by atoms with Gasteiger partial charge in [0.15, 0.2) is 12.1 Å². The highest BCUT2D eigenvalue weighted by molar-refractivity contribution is 6.26. The minimum atomic E-state index is -1.02. The summed E-state index contributed by atoms with van der Waals surface area (Å²) in [6.45, 7) is -0.242. The molecule has 3 amide bonds. The summed E-state index contributed by atoms with van der Waals surface area (Å²) >= 11 is 0. The summed E-state index contributed by atoms with van der Waals surface area (Å²) in [7, 11) is 1.48. The Hall–Kier alpha value is -5.12. The number of hydrogen-bond donors (Lipinski definition) is 0. The first-order chi connectivity index (χ1) is 21.0. The van der Waals surface area contributed by atoms with E-state index in [0.29, 0.717) is 11.4 Å². The van der Waals surface area contributed by atoms with Gasteiger partial charge in [-0.3, -0.25) is 19.4 Å². The van der Waals surface area contributed by atoms with Gasteiger partial charge < -0.3 is 4.74 Å². The molecule has 0 radical (unpaired) electrons. The van der Waals surface area contributed by atoms with Crippen molar-refractivity contribution in [3.05, 3.63) is 102 Å². The van der Waals surface area contributed by atoms with Gasteiger partial charge in [0.05, 0.1) is 24.6 Å². The Morgan fingerprint density at radius 3 is 2.42 bits per heavy atom. The Labute approximate surface area is 248 Å². The Balaban J connectivity index is 1.18. The van der Waals surface area contributed by atoms with Crippen molar-refractivity contribution in [2.24, 2.45) is 21.4 Å². The van der Waals surface area contributed by atoms with Gasteiger partial charge in [-0.2, -0.15) is 10.2 Å². The van der Waals surface area contributed by atoms with E-state index in [1.54, 1.807) is 29.3 Å². The van der Waals surface area contributed by atoms with Crippen LogP contribution in [0.4, 0.5) is 5.69 Å². The van der Waals surface area contributed by atoms with E-state index in [1.165, 1.54) is 12.1 Å². The molecule has 0 N–H and O–H groups in total. The number of rotatable bonds is 6. The molecule has 0 spiro atoms. The molecule has 0 unspecified atom stereocenters. The molecule has 3 aromatic carbocycles. The first kappa shape index (κ1) is 26.8. The zero-order valence-corrected chi connectivity index (χ0v) is 23.6. The third-order valence-electron chi connectivity index (χ3n) is 8.52. The lowest BCUT2D eigenvalue weighted by Gasteiger charge is -2.30. The number of imide groups is 1. The number of anilines is 1. The third kappa shape index (κ3) is 4.59. The van der Waals surface area contributed by atoms with Gasteiger partial charge in [0.25, 0.3) is 17.7 Å². The van der Waals surface area contributed by atoms with Crippen LogP contribution in [-0.2, 0) is 14.4 Å². The monoisotopic (exact) mass is 574 g/mol. The van der Waals surface area contributed by atoms with Crippen molar-refractivity contribution in [1.82, 2.24) is 10.0 Å². The fraction of sp³-hybridized carbons (Fsp3) is 0.273. The number of carbonyl (C=O) groups is 3. The first-order valence-electron chi connectivity index (χ1n) is 14.4. The van der Waals surface area contributed by atoms with E-state index < -0.39 is 23.9 Å². The van der Waals surface area contributed by atoms with Gasteiger partial charge in [-0.05, 0) is 54.2 Å². The summed E-state index contributed by atoms with van der Waals surface area (Å²) < 4.78 is 5.39. The van der Waals surface area contributed by atoms with Gasteiger partial charge in [0, 0.05) is 5.92 Å². The Kier molecular flexibility index (Phi) is 6.81. The van der Waals surface area contributed by atoms with Gasteiger partial charge in [0.2, 0.25) is 0 Å². The van der Waals surface area contributed by atoms with Crippen molar-refractivity contribution < 1.29 is 19.1 Å². The normalized spacial score (nSPS) is 25.3. The van der Waals surface area contributed by atoms with Crippen LogP contribution in [0.1, 0.15) is 36.4 Å². The van der Waals surface area contributed by atoms with Crippen LogP contribution in [0.3, 0.4) is 0 Å². The van der Waals surface area contributed by atoms with Crippen LogP contribution in [0.5, 0.6) is 5.75 Å². The molecule has 4 aliphatic rings. The van der Waals surface area contributed by atoms with Crippen LogP contribution in [-0.4, -0.2) is 59.2 Å².